The topological polar surface area (TPSA) is 79.9 Å². The molecule has 0 heterocycles. The summed E-state index contributed by atoms with van der Waals surface area (Å²) in [4.78, 5) is 0. The second kappa shape index (κ2) is 17.0. The van der Waals surface area contributed by atoms with Gasteiger partial charge in [0.05, 0.1) is 39.3 Å². The van der Waals surface area contributed by atoms with E-state index in [0.29, 0.717) is 6.61 Å². The van der Waals surface area contributed by atoms with Gasteiger partial charge in [0.25, 0.3) is 0 Å². The van der Waals surface area contributed by atoms with Crippen molar-refractivity contribution in [3.8, 4) is 12.1 Å². The van der Waals surface area contributed by atoms with E-state index in [9.17, 15) is 5.11 Å². The number of hydrogen-bond donors (Lipinski definition) is 0. The van der Waals surface area contributed by atoms with Crippen LogP contribution in [0, 0.1) is 28.6 Å². The van der Waals surface area contributed by atoms with Crippen molar-refractivity contribution in [3.05, 3.63) is 0 Å². The van der Waals surface area contributed by atoms with Gasteiger partial charge in [0.15, 0.2) is 0 Å². The molecule has 5 heteroatoms. The van der Waals surface area contributed by atoms with Crippen molar-refractivity contribution in [3.63, 3.8) is 0 Å². The molecule has 0 spiro atoms. The first-order valence-electron chi connectivity index (χ1n) is 10.9. The molecule has 0 aromatic rings. The van der Waals surface area contributed by atoms with Gasteiger partial charge in [-0.25, -0.2) is 0 Å². The van der Waals surface area contributed by atoms with Crippen LogP contribution in [0.3, 0.4) is 0 Å². The highest BCUT2D eigenvalue weighted by Gasteiger charge is 2.14. The molecule has 0 N–H and O–H groups in total. The van der Waals surface area contributed by atoms with E-state index in [-0.39, 0.29) is 0 Å². The lowest BCUT2D eigenvalue weighted by molar-refractivity contribution is -0.890. The van der Waals surface area contributed by atoms with E-state index in [1.165, 1.54) is 70.8 Å². The molecule has 0 fully saturated rings. The number of hydrogen-bond acceptors (Lipinski definition) is 4. The van der Waals surface area contributed by atoms with Crippen molar-refractivity contribution >= 4 is 0 Å². The van der Waals surface area contributed by atoms with Gasteiger partial charge in [-0.2, -0.15) is 10.5 Å². The van der Waals surface area contributed by atoms with Crippen molar-refractivity contribution in [1.82, 2.24) is 0 Å². The fraction of sp³-hybridized carbons (Fsp3) is 0.909. The number of ether oxygens (including phenoxy) is 1. The number of nitriles is 2. The maximum Gasteiger partial charge on any atom is 0.144 e. The van der Waals surface area contributed by atoms with Gasteiger partial charge in [0, 0.05) is 12.9 Å². The lowest BCUT2D eigenvalue weighted by atomic mass is 10.1. The van der Waals surface area contributed by atoms with Gasteiger partial charge in [-0.3, -0.25) is 0 Å². The molecule has 5 nitrogen and oxygen atoms in total. The molecule has 0 radical (unpaired) electrons. The third-order valence-corrected chi connectivity index (χ3v) is 5.11. The van der Waals surface area contributed by atoms with Crippen LogP contribution in [0.5, 0.6) is 0 Å². The molecule has 1 unspecified atom stereocenters. The first kappa shape index (κ1) is 25.9. The maximum atomic E-state index is 11.5. The van der Waals surface area contributed by atoms with Crippen LogP contribution in [0.4, 0.5) is 0 Å². The highest BCUT2D eigenvalue weighted by atomic mass is 16.6. The number of nitrogens with zero attached hydrogens (tertiary/aromatic N) is 3. The second-order valence-electron chi connectivity index (χ2n) is 8.25. The van der Waals surface area contributed by atoms with Gasteiger partial charge < -0.3 is 14.3 Å². The quantitative estimate of drug-likeness (QED) is 0.204. The SMILES string of the molecule is CCCCCCCCCCCC[N+](C)(C)CCCCOC([O-])C(C#N)C#N. The van der Waals surface area contributed by atoms with Gasteiger partial charge >= 0.3 is 0 Å². The molecular weight excluding hydrogens is 338 g/mol. The van der Waals surface area contributed by atoms with Crippen molar-refractivity contribution in [2.45, 2.75) is 90.3 Å². The summed E-state index contributed by atoms with van der Waals surface area (Å²) in [6.45, 7) is 4.83. The van der Waals surface area contributed by atoms with E-state index in [4.69, 9.17) is 15.3 Å². The minimum atomic E-state index is -1.55. The van der Waals surface area contributed by atoms with Gasteiger partial charge in [-0.15, -0.1) is 0 Å². The normalized spacial score (nSPS) is 12.7. The zero-order valence-electron chi connectivity index (χ0n) is 17.9. The lowest BCUT2D eigenvalue weighted by Crippen LogP contribution is -2.41. The van der Waals surface area contributed by atoms with Crippen LogP contribution in [0.2, 0.25) is 0 Å². The Kier molecular flexibility index (Phi) is 16.3. The minimum absolute atomic E-state index is 0.326. The zero-order valence-corrected chi connectivity index (χ0v) is 17.9. The van der Waals surface area contributed by atoms with Crippen LogP contribution < -0.4 is 5.11 Å². The number of rotatable bonds is 18. The molecular formula is C22H41N3O2. The predicted octanol–water partition coefficient (Wildman–Crippen LogP) is 4.13. The molecule has 1 atom stereocenters. The summed E-state index contributed by atoms with van der Waals surface area (Å²) < 4.78 is 6.06. The molecule has 0 aliphatic heterocycles. The predicted molar refractivity (Wildman–Crippen MR) is 107 cm³/mol. The van der Waals surface area contributed by atoms with Crippen molar-refractivity contribution in [1.29, 1.82) is 10.5 Å². The Morgan fingerprint density at radius 1 is 0.778 bits per heavy atom. The average molecular weight is 380 g/mol. The Morgan fingerprint density at radius 2 is 1.22 bits per heavy atom. The highest BCUT2D eigenvalue weighted by Crippen LogP contribution is 2.12. The summed E-state index contributed by atoms with van der Waals surface area (Å²) in [6.07, 6.45) is 13.9. The van der Waals surface area contributed by atoms with Crippen molar-refractivity contribution in [2.24, 2.45) is 5.92 Å². The highest BCUT2D eigenvalue weighted by molar-refractivity contribution is 5.00. The summed E-state index contributed by atoms with van der Waals surface area (Å²) in [6, 6.07) is 3.33. The Labute approximate surface area is 167 Å². The van der Waals surface area contributed by atoms with Crippen LogP contribution in [0.25, 0.3) is 0 Å². The number of quaternary nitrogens is 1. The summed E-state index contributed by atoms with van der Waals surface area (Å²) in [5.74, 6) is -1.21. The molecule has 0 aliphatic rings. The van der Waals surface area contributed by atoms with Gasteiger partial charge in [0.1, 0.15) is 5.92 Å². The van der Waals surface area contributed by atoms with E-state index in [1.54, 1.807) is 12.1 Å². The second-order valence-corrected chi connectivity index (χ2v) is 8.25. The monoisotopic (exact) mass is 379 g/mol. The molecule has 0 saturated carbocycles. The zero-order chi connectivity index (χ0) is 20.4. The van der Waals surface area contributed by atoms with E-state index in [2.05, 4.69) is 21.0 Å². The van der Waals surface area contributed by atoms with E-state index in [1.807, 2.05) is 0 Å². The van der Waals surface area contributed by atoms with Crippen molar-refractivity contribution in [2.75, 3.05) is 33.8 Å². The summed E-state index contributed by atoms with van der Waals surface area (Å²) in [7, 11) is 4.51. The largest absolute Gasteiger partial charge is 0.829 e. The summed E-state index contributed by atoms with van der Waals surface area (Å²) >= 11 is 0. The third kappa shape index (κ3) is 15.6. The standard InChI is InChI=1S/C22H41N3O2/c1-4-5-6-7-8-9-10-11-12-13-16-25(2,3)17-14-15-18-27-22(26)21(19-23)20-24/h21-22H,4-18H2,1-3H3. The van der Waals surface area contributed by atoms with Crippen LogP contribution >= 0.6 is 0 Å². The lowest BCUT2D eigenvalue weighted by Gasteiger charge is -2.30. The first-order valence-corrected chi connectivity index (χ1v) is 10.9. The molecule has 0 aromatic heterocycles. The van der Waals surface area contributed by atoms with E-state index in [0.717, 1.165) is 23.9 Å². The van der Waals surface area contributed by atoms with Crippen LogP contribution in [-0.2, 0) is 4.74 Å². The smallest absolute Gasteiger partial charge is 0.144 e. The molecule has 0 bridgehead atoms. The van der Waals surface area contributed by atoms with Gasteiger partial charge in [-0.05, 0) is 25.7 Å². The van der Waals surface area contributed by atoms with Gasteiger partial charge in [0.2, 0.25) is 0 Å². The fourth-order valence-corrected chi connectivity index (χ4v) is 3.23. The van der Waals surface area contributed by atoms with Crippen LogP contribution in [0.1, 0.15) is 84.0 Å². The van der Waals surface area contributed by atoms with Crippen molar-refractivity contribution < 1.29 is 14.3 Å². The van der Waals surface area contributed by atoms with Crippen LogP contribution in [0.15, 0.2) is 0 Å². The molecule has 0 saturated heterocycles. The Balaban J connectivity index is 3.56. The number of unbranched alkanes of at least 4 members (excludes halogenated alkanes) is 10. The summed E-state index contributed by atoms with van der Waals surface area (Å²) in [5, 5.41) is 28.8. The molecule has 27 heavy (non-hydrogen) atoms. The molecule has 0 amide bonds. The Bertz CT molecular complexity index is 412. The summed E-state index contributed by atoms with van der Waals surface area (Å²) in [5.41, 5.74) is 0. The average Bonchev–Trinajstić information content (AvgIpc) is 2.64. The molecule has 156 valence electrons. The molecule has 0 aromatic carbocycles. The molecule has 0 rings (SSSR count). The first-order chi connectivity index (χ1) is 13.0. The fourth-order valence-electron chi connectivity index (χ4n) is 3.23. The molecule has 0 aliphatic carbocycles. The minimum Gasteiger partial charge on any atom is -0.829 e. The maximum absolute atomic E-state index is 11.5. The third-order valence-electron chi connectivity index (χ3n) is 5.11. The Morgan fingerprint density at radius 3 is 1.70 bits per heavy atom. The van der Waals surface area contributed by atoms with E-state index < -0.39 is 12.2 Å². The van der Waals surface area contributed by atoms with Crippen LogP contribution in [-0.4, -0.2) is 44.6 Å². The Hall–Kier alpha value is -1.14. The van der Waals surface area contributed by atoms with E-state index >= 15 is 0 Å². The van der Waals surface area contributed by atoms with Gasteiger partial charge in [-0.1, -0.05) is 58.3 Å².